The van der Waals surface area contributed by atoms with Crippen LogP contribution >= 0.6 is 0 Å². The van der Waals surface area contributed by atoms with E-state index in [4.69, 9.17) is 14.7 Å². The lowest BCUT2D eigenvalue weighted by Crippen LogP contribution is -2.02. The van der Waals surface area contributed by atoms with Gasteiger partial charge in [0, 0.05) is 13.1 Å². The van der Waals surface area contributed by atoms with Gasteiger partial charge in [-0.25, -0.2) is 4.98 Å². The third-order valence-corrected chi connectivity index (χ3v) is 2.58. The first-order valence-corrected chi connectivity index (χ1v) is 5.40. The molecule has 0 bridgehead atoms. The normalized spacial score (nSPS) is 9.83. The molecule has 18 heavy (non-hydrogen) atoms. The number of methoxy groups -OCH3 is 1. The molecule has 2 rings (SSSR count). The molecule has 5 nitrogen and oxygen atoms in total. The first-order chi connectivity index (χ1) is 8.74. The quantitative estimate of drug-likeness (QED) is 0.822. The maximum atomic E-state index is 8.81. The highest BCUT2D eigenvalue weighted by molar-refractivity contribution is 5.46. The maximum Gasteiger partial charge on any atom is 0.162 e. The molecule has 1 heterocycles. The first kappa shape index (κ1) is 12.0. The minimum atomic E-state index is 0.402. The molecule has 0 radical (unpaired) electrons. The molecule has 0 saturated heterocycles. The summed E-state index contributed by atoms with van der Waals surface area (Å²) in [5, 5.41) is 8.81. The lowest BCUT2D eigenvalue weighted by molar-refractivity contribution is 0.277. The fourth-order valence-corrected chi connectivity index (χ4v) is 1.53. The van der Waals surface area contributed by atoms with Gasteiger partial charge < -0.3 is 14.0 Å². The van der Waals surface area contributed by atoms with Crippen LogP contribution in [0, 0.1) is 11.3 Å². The Kier molecular flexibility index (Phi) is 3.49. The molecule has 2 aromatic rings. The van der Waals surface area contributed by atoms with Crippen molar-refractivity contribution in [1.29, 1.82) is 5.26 Å². The Bertz CT molecular complexity index is 584. The van der Waals surface area contributed by atoms with Gasteiger partial charge in [-0.1, -0.05) is 0 Å². The van der Waals surface area contributed by atoms with E-state index in [9.17, 15) is 0 Å². The van der Waals surface area contributed by atoms with Crippen molar-refractivity contribution in [3.63, 3.8) is 0 Å². The molecule has 0 aliphatic carbocycles. The van der Waals surface area contributed by atoms with Crippen molar-refractivity contribution in [2.45, 2.75) is 6.61 Å². The molecular weight excluding hydrogens is 230 g/mol. The van der Waals surface area contributed by atoms with Crippen LogP contribution in [-0.2, 0) is 13.7 Å². The van der Waals surface area contributed by atoms with Gasteiger partial charge >= 0.3 is 0 Å². The van der Waals surface area contributed by atoms with Gasteiger partial charge in [0.25, 0.3) is 0 Å². The Morgan fingerprint density at radius 1 is 1.39 bits per heavy atom. The fraction of sp³-hybridized carbons (Fsp3) is 0.231. The molecular formula is C13H13N3O2. The van der Waals surface area contributed by atoms with Gasteiger partial charge in [-0.05, 0) is 12.1 Å². The monoisotopic (exact) mass is 243 g/mol. The zero-order valence-electron chi connectivity index (χ0n) is 10.3. The topological polar surface area (TPSA) is 60.1 Å². The largest absolute Gasteiger partial charge is 0.493 e. The van der Waals surface area contributed by atoms with E-state index >= 15 is 0 Å². The Labute approximate surface area is 105 Å². The summed E-state index contributed by atoms with van der Waals surface area (Å²) in [7, 11) is 3.45. The van der Waals surface area contributed by atoms with Crippen molar-refractivity contribution in [1.82, 2.24) is 9.55 Å². The first-order valence-electron chi connectivity index (χ1n) is 5.40. The molecule has 0 saturated carbocycles. The Hall–Kier alpha value is -2.48. The van der Waals surface area contributed by atoms with Crippen LogP contribution < -0.4 is 9.47 Å². The van der Waals surface area contributed by atoms with Crippen LogP contribution in [0.15, 0.2) is 30.7 Å². The van der Waals surface area contributed by atoms with Gasteiger partial charge in [0.2, 0.25) is 0 Å². The second-order valence-electron chi connectivity index (χ2n) is 3.76. The molecule has 0 spiro atoms. The van der Waals surface area contributed by atoms with Crippen molar-refractivity contribution >= 4 is 0 Å². The number of rotatable bonds is 4. The summed E-state index contributed by atoms with van der Waals surface area (Å²) in [6, 6.07) is 7.13. The summed E-state index contributed by atoms with van der Waals surface area (Å²) in [5.74, 6) is 1.16. The SMILES string of the molecule is COc1cc(C#N)ccc1OCc1cncn1C. The number of hydrogen-bond acceptors (Lipinski definition) is 4. The molecule has 0 N–H and O–H groups in total. The zero-order valence-corrected chi connectivity index (χ0v) is 10.3. The molecule has 0 aliphatic heterocycles. The van der Waals surface area contributed by atoms with E-state index in [-0.39, 0.29) is 0 Å². The van der Waals surface area contributed by atoms with Crippen molar-refractivity contribution < 1.29 is 9.47 Å². The van der Waals surface area contributed by atoms with E-state index in [1.165, 1.54) is 0 Å². The molecule has 1 aromatic carbocycles. The zero-order chi connectivity index (χ0) is 13.0. The number of aryl methyl sites for hydroxylation is 1. The minimum Gasteiger partial charge on any atom is -0.493 e. The van der Waals surface area contributed by atoms with Crippen LogP contribution in [0.5, 0.6) is 11.5 Å². The van der Waals surface area contributed by atoms with Crippen LogP contribution in [0.1, 0.15) is 11.3 Å². The number of ether oxygens (including phenoxy) is 2. The van der Waals surface area contributed by atoms with Gasteiger partial charge in [0.1, 0.15) is 6.61 Å². The van der Waals surface area contributed by atoms with Gasteiger partial charge in [-0.15, -0.1) is 0 Å². The third kappa shape index (κ3) is 2.43. The summed E-state index contributed by atoms with van der Waals surface area (Å²) in [6.45, 7) is 0.402. The summed E-state index contributed by atoms with van der Waals surface area (Å²) in [4.78, 5) is 4.01. The minimum absolute atomic E-state index is 0.402. The number of imidazole rings is 1. The van der Waals surface area contributed by atoms with E-state index in [1.807, 2.05) is 11.6 Å². The van der Waals surface area contributed by atoms with Crippen LogP contribution in [0.2, 0.25) is 0 Å². The highest BCUT2D eigenvalue weighted by Crippen LogP contribution is 2.28. The Morgan fingerprint density at radius 3 is 2.83 bits per heavy atom. The summed E-state index contributed by atoms with van der Waals surface area (Å²) < 4.78 is 12.7. The van der Waals surface area contributed by atoms with Gasteiger partial charge in [0.05, 0.1) is 37.0 Å². The van der Waals surface area contributed by atoms with Crippen LogP contribution in [-0.4, -0.2) is 16.7 Å². The van der Waals surface area contributed by atoms with E-state index in [0.717, 1.165) is 5.69 Å². The number of hydrogen-bond donors (Lipinski definition) is 0. The second kappa shape index (κ2) is 5.23. The number of nitrogens with zero attached hydrogens (tertiary/aromatic N) is 3. The average Bonchev–Trinajstić information content (AvgIpc) is 2.81. The average molecular weight is 243 g/mol. The van der Waals surface area contributed by atoms with Crippen LogP contribution in [0.25, 0.3) is 0 Å². The lowest BCUT2D eigenvalue weighted by Gasteiger charge is -2.10. The molecule has 0 atom stereocenters. The molecule has 0 amide bonds. The predicted molar refractivity (Wildman–Crippen MR) is 65.2 cm³/mol. The molecule has 0 unspecified atom stereocenters. The number of aromatic nitrogens is 2. The lowest BCUT2D eigenvalue weighted by atomic mass is 10.2. The highest BCUT2D eigenvalue weighted by atomic mass is 16.5. The van der Waals surface area contributed by atoms with Crippen LogP contribution in [0.3, 0.4) is 0 Å². The summed E-state index contributed by atoms with van der Waals surface area (Å²) in [5.41, 5.74) is 1.50. The van der Waals surface area contributed by atoms with Gasteiger partial charge in [0.15, 0.2) is 11.5 Å². The second-order valence-corrected chi connectivity index (χ2v) is 3.76. The standard InChI is InChI=1S/C13H13N3O2/c1-16-9-15-7-11(16)8-18-12-4-3-10(6-14)5-13(12)17-2/h3-5,7,9H,8H2,1-2H3. The molecule has 0 aliphatic rings. The molecule has 1 aromatic heterocycles. The van der Waals surface area contributed by atoms with E-state index < -0.39 is 0 Å². The van der Waals surface area contributed by atoms with Gasteiger partial charge in [-0.3, -0.25) is 0 Å². The van der Waals surface area contributed by atoms with Crippen LogP contribution in [0.4, 0.5) is 0 Å². The highest BCUT2D eigenvalue weighted by Gasteiger charge is 2.07. The predicted octanol–water partition coefficient (Wildman–Crippen LogP) is 1.88. The Balaban J connectivity index is 2.15. The number of benzene rings is 1. The summed E-state index contributed by atoms with van der Waals surface area (Å²) >= 11 is 0. The van der Waals surface area contributed by atoms with Crippen molar-refractivity contribution in [2.75, 3.05) is 7.11 Å². The maximum absolute atomic E-state index is 8.81. The van der Waals surface area contributed by atoms with Crippen molar-refractivity contribution in [2.24, 2.45) is 7.05 Å². The van der Waals surface area contributed by atoms with E-state index in [2.05, 4.69) is 11.1 Å². The molecule has 92 valence electrons. The summed E-state index contributed by atoms with van der Waals surface area (Å²) in [6.07, 6.45) is 3.46. The smallest absolute Gasteiger partial charge is 0.162 e. The van der Waals surface area contributed by atoms with Crippen molar-refractivity contribution in [3.8, 4) is 17.6 Å². The molecule has 0 fully saturated rings. The fourth-order valence-electron chi connectivity index (χ4n) is 1.53. The van der Waals surface area contributed by atoms with E-state index in [0.29, 0.717) is 23.7 Å². The number of nitriles is 1. The molecule has 5 heteroatoms. The van der Waals surface area contributed by atoms with Gasteiger partial charge in [-0.2, -0.15) is 5.26 Å². The third-order valence-electron chi connectivity index (χ3n) is 2.58. The van der Waals surface area contributed by atoms with E-state index in [1.54, 1.807) is 37.8 Å². The Morgan fingerprint density at radius 2 is 2.22 bits per heavy atom. The van der Waals surface area contributed by atoms with Crippen molar-refractivity contribution in [3.05, 3.63) is 42.0 Å².